The molecule has 0 radical (unpaired) electrons. The van der Waals surface area contributed by atoms with Gasteiger partial charge < -0.3 is 13.9 Å². The van der Waals surface area contributed by atoms with Crippen molar-refractivity contribution < 1.29 is 9.90 Å². The minimum absolute atomic E-state index is 0.111. The topological polar surface area (TPSA) is 21.3 Å². The monoisotopic (exact) mass is 680 g/mol. The van der Waals surface area contributed by atoms with Crippen molar-refractivity contribution >= 4 is 82.4 Å². The molecule has 0 N–H and O–H groups in total. The summed E-state index contributed by atoms with van der Waals surface area (Å²) >= 11 is 0. The summed E-state index contributed by atoms with van der Waals surface area (Å²) in [6.45, 7) is 0. The van der Waals surface area contributed by atoms with Crippen LogP contribution < -0.4 is 4.90 Å². The summed E-state index contributed by atoms with van der Waals surface area (Å²) in [6.07, 6.45) is 0. The molecule has 0 spiro atoms. The zero-order valence-electron chi connectivity index (χ0n) is 32.5. The molecule has 0 bridgehead atoms. The highest BCUT2D eigenvalue weighted by Crippen LogP contribution is 2.45. The molecule has 2 heterocycles. The van der Waals surface area contributed by atoms with Gasteiger partial charge in [0.1, 0.15) is 11.2 Å². The van der Waals surface area contributed by atoms with Gasteiger partial charge in [-0.3, -0.25) is 0 Å². The molecule has 3 heteroatoms. The minimum atomic E-state index is -0.142. The second-order valence-electron chi connectivity index (χ2n) is 13.4. The van der Waals surface area contributed by atoms with E-state index in [1.54, 1.807) is 0 Å². The van der Waals surface area contributed by atoms with Crippen molar-refractivity contribution in [3.8, 4) is 16.8 Å². The van der Waals surface area contributed by atoms with Crippen molar-refractivity contribution in [3.05, 3.63) is 194 Å². The molecule has 0 atom stereocenters. The fraction of sp³-hybridized carbons (Fsp3) is 0. The maximum absolute atomic E-state index is 9.70. The third-order valence-electron chi connectivity index (χ3n) is 10.4. The quantitative estimate of drug-likeness (QED) is 0.180. The molecule has 11 aromatic rings. The number of hydrogen-bond acceptors (Lipinski definition) is 2. The number of aromatic nitrogens is 1. The zero-order chi connectivity index (χ0) is 38.4. The average Bonchev–Trinajstić information content (AvgIpc) is 3.81. The molecule has 9 aromatic carbocycles. The van der Waals surface area contributed by atoms with Crippen molar-refractivity contribution in [2.45, 2.75) is 0 Å². The highest BCUT2D eigenvalue weighted by Gasteiger charge is 2.21. The third kappa shape index (κ3) is 4.68. The first-order chi connectivity index (χ1) is 28.0. The maximum atomic E-state index is 9.70. The van der Waals surface area contributed by atoms with Crippen LogP contribution in [0.15, 0.2) is 198 Å². The number of para-hydroxylation sites is 2. The fourth-order valence-electron chi connectivity index (χ4n) is 7.99. The second-order valence-corrected chi connectivity index (χ2v) is 13.4. The lowest BCUT2D eigenvalue weighted by molar-refractivity contribution is 0.672. The van der Waals surface area contributed by atoms with Gasteiger partial charge in [-0.2, -0.15) is 0 Å². The normalized spacial score (nSPS) is 12.8. The Morgan fingerprint density at radius 1 is 0.453 bits per heavy atom. The highest BCUT2D eigenvalue weighted by atomic mass is 16.3. The zero-order valence-corrected chi connectivity index (χ0v) is 28.5. The summed E-state index contributed by atoms with van der Waals surface area (Å²) in [7, 11) is 0. The number of fused-ring (bicyclic) bond motifs is 9. The number of hydrogen-bond donors (Lipinski definition) is 0. The van der Waals surface area contributed by atoms with Crippen molar-refractivity contribution in [1.82, 2.24) is 4.57 Å². The molecule has 0 unspecified atom stereocenters. The molecule has 0 fully saturated rings. The predicted molar refractivity (Wildman–Crippen MR) is 223 cm³/mol. The first kappa shape index (κ1) is 25.8. The Bertz CT molecular complexity index is 3350. The third-order valence-corrected chi connectivity index (χ3v) is 10.4. The Kier molecular flexibility index (Phi) is 5.71. The lowest BCUT2D eigenvalue weighted by Gasteiger charge is -2.27. The van der Waals surface area contributed by atoms with Crippen LogP contribution in [-0.4, -0.2) is 4.57 Å². The summed E-state index contributed by atoms with van der Waals surface area (Å²) in [5.41, 5.74) is 6.82. The average molecular weight is 681 g/mol. The highest BCUT2D eigenvalue weighted by molar-refractivity contribution is 6.19. The molecule has 3 nitrogen and oxygen atoms in total. The van der Waals surface area contributed by atoms with E-state index >= 15 is 0 Å². The number of anilines is 3. The largest absolute Gasteiger partial charge is 0.455 e. The van der Waals surface area contributed by atoms with Crippen LogP contribution in [-0.2, 0) is 0 Å². The Hall–Kier alpha value is -7.10. The Morgan fingerprint density at radius 3 is 1.91 bits per heavy atom. The molecule has 0 saturated heterocycles. The SMILES string of the molecule is [2H]c1c([2H])c(N(c2cccc(-n3c4ccccc4c4ccccc43)c2)c2cccc3oc4c5ccccc5ccc4c23)c([2H])c([2H])c1-c1ccc2ccccc2c1. The summed E-state index contributed by atoms with van der Waals surface area (Å²) in [5, 5.41) is 8.04. The van der Waals surface area contributed by atoms with Gasteiger partial charge in [0, 0.05) is 38.6 Å². The van der Waals surface area contributed by atoms with Gasteiger partial charge in [-0.05, 0) is 94.0 Å². The molecule has 0 aliphatic carbocycles. The molecule has 53 heavy (non-hydrogen) atoms. The molecule has 0 aliphatic rings. The minimum Gasteiger partial charge on any atom is -0.455 e. The van der Waals surface area contributed by atoms with E-state index in [-0.39, 0.29) is 35.4 Å². The number of benzene rings is 9. The Morgan fingerprint density at radius 2 is 1.11 bits per heavy atom. The van der Waals surface area contributed by atoms with E-state index in [2.05, 4.69) is 77.4 Å². The molecule has 2 aromatic heterocycles. The lowest BCUT2D eigenvalue weighted by Crippen LogP contribution is -2.11. The van der Waals surface area contributed by atoms with Crippen LogP contribution in [0.3, 0.4) is 0 Å². The number of furan rings is 1. The summed E-state index contributed by atoms with van der Waals surface area (Å²) in [5.74, 6) is 0. The Labute approximate surface area is 311 Å². The van der Waals surface area contributed by atoms with Gasteiger partial charge in [0.2, 0.25) is 0 Å². The number of rotatable bonds is 5. The molecule has 0 amide bonds. The molecule has 248 valence electrons. The summed E-state index contributed by atoms with van der Waals surface area (Å²) in [4.78, 5) is 1.88. The smallest absolute Gasteiger partial charge is 0.143 e. The summed E-state index contributed by atoms with van der Waals surface area (Å²) < 4.78 is 47.3. The van der Waals surface area contributed by atoms with E-state index in [1.165, 1.54) is 0 Å². The Balaban J connectivity index is 1.20. The molecular weight excluding hydrogens is 645 g/mol. The van der Waals surface area contributed by atoms with Crippen LogP contribution in [0, 0.1) is 0 Å². The van der Waals surface area contributed by atoms with Crippen molar-refractivity contribution in [1.29, 1.82) is 0 Å². The lowest BCUT2D eigenvalue weighted by atomic mass is 10.0. The maximum Gasteiger partial charge on any atom is 0.143 e. The van der Waals surface area contributed by atoms with Gasteiger partial charge in [-0.1, -0.05) is 127 Å². The van der Waals surface area contributed by atoms with E-state index < -0.39 is 0 Å². The van der Waals surface area contributed by atoms with E-state index in [4.69, 9.17) is 4.42 Å². The first-order valence-corrected chi connectivity index (χ1v) is 17.8. The van der Waals surface area contributed by atoms with Crippen LogP contribution in [0.4, 0.5) is 17.1 Å². The second kappa shape index (κ2) is 11.7. The molecule has 11 rings (SSSR count). The van der Waals surface area contributed by atoms with Crippen LogP contribution in [0.5, 0.6) is 0 Å². The van der Waals surface area contributed by atoms with Crippen LogP contribution in [0.25, 0.3) is 82.1 Å². The molecular formula is C50H32N2O. The van der Waals surface area contributed by atoms with Crippen molar-refractivity contribution in [3.63, 3.8) is 0 Å². The first-order valence-electron chi connectivity index (χ1n) is 19.8. The van der Waals surface area contributed by atoms with E-state index in [1.807, 2.05) is 102 Å². The van der Waals surface area contributed by atoms with Gasteiger partial charge in [0.25, 0.3) is 0 Å². The van der Waals surface area contributed by atoms with Gasteiger partial charge in [-0.25, -0.2) is 0 Å². The van der Waals surface area contributed by atoms with E-state index in [0.717, 1.165) is 65.4 Å². The summed E-state index contributed by atoms with van der Waals surface area (Å²) in [6, 6.07) is 56.2. The van der Waals surface area contributed by atoms with E-state index in [0.29, 0.717) is 22.5 Å². The van der Waals surface area contributed by atoms with Crippen molar-refractivity contribution in [2.24, 2.45) is 0 Å². The fourth-order valence-corrected chi connectivity index (χ4v) is 7.99. The van der Waals surface area contributed by atoms with Gasteiger partial charge in [-0.15, -0.1) is 0 Å². The molecule has 0 saturated carbocycles. The predicted octanol–water partition coefficient (Wildman–Crippen LogP) is 14.1. The number of nitrogens with zero attached hydrogens (tertiary/aromatic N) is 2. The van der Waals surface area contributed by atoms with Gasteiger partial charge in [0.05, 0.1) is 27.6 Å². The molecule has 0 aliphatic heterocycles. The van der Waals surface area contributed by atoms with Crippen molar-refractivity contribution in [2.75, 3.05) is 4.90 Å². The standard InChI is InChI=1S/C50H32N2O/c1-2-13-36-31-37(24-23-33(36)11-1)34-25-28-38(29-26-34)51(47-21-10-22-48-49(47)44-30-27-35-12-3-4-16-41(35)50(44)53-48)39-14-9-15-40(32-39)52-45-19-7-5-17-42(45)43-18-6-8-20-46(43)52/h1-32H/i25D,26D,28D,29D. The van der Waals surface area contributed by atoms with Crippen LogP contribution in [0.1, 0.15) is 5.48 Å². The van der Waals surface area contributed by atoms with Crippen LogP contribution >= 0.6 is 0 Å². The van der Waals surface area contributed by atoms with Gasteiger partial charge >= 0.3 is 0 Å². The van der Waals surface area contributed by atoms with Crippen LogP contribution in [0.2, 0.25) is 0 Å². The van der Waals surface area contributed by atoms with Gasteiger partial charge in [0.15, 0.2) is 0 Å². The van der Waals surface area contributed by atoms with E-state index in [9.17, 15) is 5.48 Å².